The van der Waals surface area contributed by atoms with E-state index in [0.29, 0.717) is 17.1 Å². The van der Waals surface area contributed by atoms with Gasteiger partial charge in [-0.15, -0.1) is 0 Å². The number of aryl methyl sites for hydroxylation is 1. The van der Waals surface area contributed by atoms with Gasteiger partial charge >= 0.3 is 0 Å². The first-order valence-electron chi connectivity index (χ1n) is 11.9. The van der Waals surface area contributed by atoms with Crippen molar-refractivity contribution in [1.82, 2.24) is 24.6 Å². The monoisotopic (exact) mass is 462 g/mol. The fraction of sp³-hybridized carbons (Fsp3) is 0.423. The van der Waals surface area contributed by atoms with Gasteiger partial charge in [-0.3, -0.25) is 19.4 Å². The van der Waals surface area contributed by atoms with Gasteiger partial charge in [0.05, 0.1) is 29.7 Å². The molecule has 0 aliphatic carbocycles. The summed E-state index contributed by atoms with van der Waals surface area (Å²) < 4.78 is 15.1. The van der Waals surface area contributed by atoms with E-state index in [2.05, 4.69) is 21.2 Å². The zero-order valence-corrected chi connectivity index (χ0v) is 19.6. The van der Waals surface area contributed by atoms with Crippen molar-refractivity contribution in [2.45, 2.75) is 32.2 Å². The molecular weight excluding hydrogens is 431 g/mol. The Labute approximate surface area is 199 Å². The Kier molecular flexibility index (Phi) is 6.08. The molecule has 2 fully saturated rings. The fourth-order valence-corrected chi connectivity index (χ4v) is 5.43. The van der Waals surface area contributed by atoms with Crippen LogP contribution in [0.15, 0.2) is 48.8 Å². The summed E-state index contributed by atoms with van der Waals surface area (Å²) in [5.41, 5.74) is 10.1. The number of nitrogen functional groups attached to an aromatic ring is 1. The molecule has 2 N–H and O–H groups in total. The van der Waals surface area contributed by atoms with E-state index >= 15 is 0 Å². The lowest BCUT2D eigenvalue weighted by Gasteiger charge is -2.40. The van der Waals surface area contributed by atoms with Crippen molar-refractivity contribution in [2.75, 3.05) is 31.9 Å². The van der Waals surface area contributed by atoms with Gasteiger partial charge in [0.1, 0.15) is 5.82 Å². The number of piperidine rings is 1. The van der Waals surface area contributed by atoms with Crippen molar-refractivity contribution in [1.29, 1.82) is 0 Å². The van der Waals surface area contributed by atoms with E-state index in [1.54, 1.807) is 24.3 Å². The van der Waals surface area contributed by atoms with E-state index in [1.165, 1.54) is 17.7 Å². The van der Waals surface area contributed by atoms with E-state index in [9.17, 15) is 9.18 Å². The van der Waals surface area contributed by atoms with Crippen LogP contribution in [-0.4, -0.2) is 56.7 Å². The van der Waals surface area contributed by atoms with Crippen LogP contribution in [0.4, 0.5) is 10.1 Å². The second kappa shape index (κ2) is 9.18. The van der Waals surface area contributed by atoms with Gasteiger partial charge in [0.25, 0.3) is 0 Å². The SMILES string of the molecule is Cn1cc(CN2CCCC3(CCN(C(=O)Cc4nc(-c5ccc(F)cc5)ccc4N)C3)C2)cn1. The van der Waals surface area contributed by atoms with Gasteiger partial charge in [-0.2, -0.15) is 5.10 Å². The number of pyridine rings is 1. The molecule has 1 unspecified atom stereocenters. The van der Waals surface area contributed by atoms with E-state index in [1.807, 2.05) is 22.8 Å². The van der Waals surface area contributed by atoms with E-state index in [-0.39, 0.29) is 23.6 Å². The zero-order valence-electron chi connectivity index (χ0n) is 19.6. The number of carbonyl (C=O) groups is 1. The maximum Gasteiger partial charge on any atom is 0.228 e. The first kappa shape index (κ1) is 22.5. The average Bonchev–Trinajstić information content (AvgIpc) is 3.42. The normalized spacial score (nSPS) is 20.8. The van der Waals surface area contributed by atoms with Crippen LogP contribution in [-0.2, 0) is 24.8 Å². The molecule has 2 aliphatic heterocycles. The second-order valence-corrected chi connectivity index (χ2v) is 9.82. The number of carbonyl (C=O) groups excluding carboxylic acids is 1. The number of anilines is 1. The molecule has 4 heterocycles. The van der Waals surface area contributed by atoms with Crippen molar-refractivity contribution in [3.05, 3.63) is 65.9 Å². The van der Waals surface area contributed by atoms with Crippen LogP contribution in [0.2, 0.25) is 0 Å². The van der Waals surface area contributed by atoms with Crippen LogP contribution in [0.5, 0.6) is 0 Å². The smallest absolute Gasteiger partial charge is 0.228 e. The first-order valence-corrected chi connectivity index (χ1v) is 11.9. The molecule has 3 aromatic rings. The quantitative estimate of drug-likeness (QED) is 0.630. The number of likely N-dealkylation sites (tertiary alicyclic amines) is 2. The molecular formula is C26H31FN6O. The molecule has 1 aromatic carbocycles. The molecule has 2 saturated heterocycles. The third kappa shape index (κ3) is 4.82. The summed E-state index contributed by atoms with van der Waals surface area (Å²) in [5, 5.41) is 4.29. The zero-order chi connectivity index (χ0) is 23.7. The van der Waals surface area contributed by atoms with E-state index in [4.69, 9.17) is 5.73 Å². The van der Waals surface area contributed by atoms with Crippen LogP contribution in [0, 0.1) is 11.2 Å². The predicted octanol–water partition coefficient (Wildman–Crippen LogP) is 3.26. The summed E-state index contributed by atoms with van der Waals surface area (Å²) in [5.74, 6) is -0.226. The number of halogens is 1. The maximum absolute atomic E-state index is 13.3. The lowest BCUT2D eigenvalue weighted by atomic mass is 9.79. The molecule has 2 aromatic heterocycles. The number of hydrogen-bond acceptors (Lipinski definition) is 5. The van der Waals surface area contributed by atoms with Gasteiger partial charge in [0.15, 0.2) is 0 Å². The molecule has 5 rings (SSSR count). The molecule has 1 atom stereocenters. The molecule has 1 spiro atoms. The summed E-state index contributed by atoms with van der Waals surface area (Å²) >= 11 is 0. The van der Waals surface area contributed by atoms with Crippen LogP contribution in [0.3, 0.4) is 0 Å². The molecule has 2 aliphatic rings. The number of nitrogens with two attached hydrogens (primary N) is 1. The summed E-state index contributed by atoms with van der Waals surface area (Å²) in [6.07, 6.45) is 7.51. The Morgan fingerprint density at radius 1 is 1.12 bits per heavy atom. The Morgan fingerprint density at radius 3 is 2.71 bits per heavy atom. The van der Waals surface area contributed by atoms with E-state index in [0.717, 1.165) is 57.5 Å². The minimum absolute atomic E-state index is 0.0664. The number of hydrogen-bond donors (Lipinski definition) is 1. The lowest BCUT2D eigenvalue weighted by Crippen LogP contribution is -2.45. The highest BCUT2D eigenvalue weighted by Gasteiger charge is 2.42. The maximum atomic E-state index is 13.3. The van der Waals surface area contributed by atoms with Crippen molar-refractivity contribution < 1.29 is 9.18 Å². The number of amides is 1. The minimum Gasteiger partial charge on any atom is -0.397 e. The summed E-state index contributed by atoms with van der Waals surface area (Å²) in [7, 11) is 1.94. The summed E-state index contributed by atoms with van der Waals surface area (Å²) in [6.45, 7) is 4.55. The lowest BCUT2D eigenvalue weighted by molar-refractivity contribution is -0.130. The van der Waals surface area contributed by atoms with Crippen LogP contribution >= 0.6 is 0 Å². The molecule has 0 bridgehead atoms. The van der Waals surface area contributed by atoms with Gasteiger partial charge in [-0.25, -0.2) is 4.39 Å². The van der Waals surface area contributed by atoms with Gasteiger partial charge in [-0.05, 0) is 62.2 Å². The summed E-state index contributed by atoms with van der Waals surface area (Å²) in [6, 6.07) is 9.76. The van der Waals surface area contributed by atoms with Gasteiger partial charge in [-0.1, -0.05) is 0 Å². The van der Waals surface area contributed by atoms with Gasteiger partial charge in [0.2, 0.25) is 5.91 Å². The second-order valence-electron chi connectivity index (χ2n) is 9.82. The van der Waals surface area contributed by atoms with Crippen molar-refractivity contribution >= 4 is 11.6 Å². The highest BCUT2D eigenvalue weighted by molar-refractivity contribution is 5.80. The van der Waals surface area contributed by atoms with Gasteiger partial charge in [0, 0.05) is 56.0 Å². The third-order valence-electron chi connectivity index (χ3n) is 7.16. The Balaban J connectivity index is 1.24. The van der Waals surface area contributed by atoms with Crippen LogP contribution < -0.4 is 5.73 Å². The van der Waals surface area contributed by atoms with Gasteiger partial charge < -0.3 is 10.6 Å². The topological polar surface area (TPSA) is 80.3 Å². The predicted molar refractivity (Wildman–Crippen MR) is 129 cm³/mol. The van der Waals surface area contributed by atoms with Crippen LogP contribution in [0.1, 0.15) is 30.5 Å². The van der Waals surface area contributed by atoms with Crippen molar-refractivity contribution in [3.8, 4) is 11.3 Å². The Bertz CT molecular complexity index is 1180. The van der Waals surface area contributed by atoms with Crippen molar-refractivity contribution in [3.63, 3.8) is 0 Å². The molecule has 8 heteroatoms. The first-order chi connectivity index (χ1) is 16.4. The molecule has 0 saturated carbocycles. The largest absolute Gasteiger partial charge is 0.397 e. The van der Waals surface area contributed by atoms with E-state index < -0.39 is 0 Å². The van der Waals surface area contributed by atoms with Crippen LogP contribution in [0.25, 0.3) is 11.3 Å². The molecule has 34 heavy (non-hydrogen) atoms. The minimum atomic E-state index is -0.292. The molecule has 7 nitrogen and oxygen atoms in total. The number of aromatic nitrogens is 3. The fourth-order valence-electron chi connectivity index (χ4n) is 5.43. The molecule has 0 radical (unpaired) electrons. The summed E-state index contributed by atoms with van der Waals surface area (Å²) in [4.78, 5) is 22.3. The highest BCUT2D eigenvalue weighted by Crippen LogP contribution is 2.39. The highest BCUT2D eigenvalue weighted by atomic mass is 19.1. The number of rotatable bonds is 5. The standard InChI is InChI=1S/C26H31FN6O/c1-31-15-19(14-29-31)16-32-11-2-9-26(17-32)10-12-33(18-26)25(34)13-24-22(28)7-8-23(30-24)20-3-5-21(27)6-4-20/h3-8,14-15H,2,9-13,16-18,28H2,1H3. The third-order valence-corrected chi connectivity index (χ3v) is 7.16. The Morgan fingerprint density at radius 2 is 1.94 bits per heavy atom. The molecule has 178 valence electrons. The average molecular weight is 463 g/mol. The molecule has 1 amide bonds. The van der Waals surface area contributed by atoms with Crippen molar-refractivity contribution in [2.24, 2.45) is 12.5 Å². The number of nitrogens with zero attached hydrogens (tertiary/aromatic N) is 5. The number of benzene rings is 1. The Hall–Kier alpha value is -3.26.